The van der Waals surface area contributed by atoms with Crippen LogP contribution in [-0.2, 0) is 6.54 Å². The molecule has 6 heteroatoms. The minimum Gasteiger partial charge on any atom is -0.376 e. The van der Waals surface area contributed by atoms with Gasteiger partial charge in [-0.2, -0.15) is 0 Å². The molecule has 108 valence electrons. The second kappa shape index (κ2) is 4.21. The van der Waals surface area contributed by atoms with Crippen molar-refractivity contribution in [2.24, 2.45) is 0 Å². The molecular weight excluding hydrogens is 271 g/mol. The topological polar surface area (TPSA) is 58.1 Å². The SMILES string of the molecule is CC(C)N1Cc2nnc(=O)c3cc(F)cc4c3c2C(C1)N4. The van der Waals surface area contributed by atoms with Crippen LogP contribution in [0.5, 0.6) is 0 Å². The summed E-state index contributed by atoms with van der Waals surface area (Å²) in [5.41, 5.74) is 2.02. The van der Waals surface area contributed by atoms with Crippen molar-refractivity contribution in [2.75, 3.05) is 11.9 Å². The molecule has 0 radical (unpaired) electrons. The first-order valence-electron chi connectivity index (χ1n) is 7.08. The number of hydrogen-bond acceptors (Lipinski definition) is 5. The summed E-state index contributed by atoms with van der Waals surface area (Å²) >= 11 is 0. The van der Waals surface area contributed by atoms with Crippen molar-refractivity contribution >= 4 is 16.5 Å². The molecular formula is C15H15FN4O. The molecule has 0 saturated carbocycles. The normalized spacial score (nSPS) is 20.1. The average molecular weight is 286 g/mol. The maximum atomic E-state index is 13.7. The lowest BCUT2D eigenvalue weighted by molar-refractivity contribution is 0.188. The summed E-state index contributed by atoms with van der Waals surface area (Å²) < 4.78 is 13.7. The summed E-state index contributed by atoms with van der Waals surface area (Å²) in [6.07, 6.45) is 0. The molecule has 0 fully saturated rings. The van der Waals surface area contributed by atoms with Crippen LogP contribution in [0.15, 0.2) is 16.9 Å². The third-order valence-electron chi connectivity index (χ3n) is 4.35. The van der Waals surface area contributed by atoms with Gasteiger partial charge in [0, 0.05) is 35.8 Å². The first-order valence-corrected chi connectivity index (χ1v) is 7.08. The molecule has 0 spiro atoms. The summed E-state index contributed by atoms with van der Waals surface area (Å²) in [6, 6.07) is 3.11. The molecule has 1 unspecified atom stereocenters. The smallest absolute Gasteiger partial charge is 0.296 e. The van der Waals surface area contributed by atoms with Gasteiger partial charge in [0.15, 0.2) is 0 Å². The highest BCUT2D eigenvalue weighted by Crippen LogP contribution is 2.42. The fourth-order valence-corrected chi connectivity index (χ4v) is 3.31. The molecule has 4 rings (SSSR count). The zero-order valence-corrected chi connectivity index (χ0v) is 11.9. The van der Waals surface area contributed by atoms with Gasteiger partial charge in [0.2, 0.25) is 0 Å². The van der Waals surface area contributed by atoms with E-state index in [4.69, 9.17) is 0 Å². The van der Waals surface area contributed by atoms with Gasteiger partial charge in [0.1, 0.15) is 5.82 Å². The van der Waals surface area contributed by atoms with Crippen LogP contribution in [0.25, 0.3) is 10.8 Å². The summed E-state index contributed by atoms with van der Waals surface area (Å²) in [4.78, 5) is 14.4. The lowest BCUT2D eigenvalue weighted by Crippen LogP contribution is -2.39. The van der Waals surface area contributed by atoms with Gasteiger partial charge in [-0.3, -0.25) is 9.69 Å². The number of benzene rings is 1. The molecule has 0 saturated heterocycles. The Morgan fingerprint density at radius 2 is 2.19 bits per heavy atom. The second-order valence-electron chi connectivity index (χ2n) is 5.96. The summed E-state index contributed by atoms with van der Waals surface area (Å²) in [5.74, 6) is -0.428. The van der Waals surface area contributed by atoms with Crippen LogP contribution < -0.4 is 10.9 Å². The number of nitrogens with zero attached hydrogens (tertiary/aromatic N) is 3. The Hall–Kier alpha value is -2.08. The van der Waals surface area contributed by atoms with E-state index in [0.29, 0.717) is 23.7 Å². The fraction of sp³-hybridized carbons (Fsp3) is 0.400. The molecule has 1 N–H and O–H groups in total. The van der Waals surface area contributed by atoms with Crippen LogP contribution >= 0.6 is 0 Å². The fourth-order valence-electron chi connectivity index (χ4n) is 3.31. The van der Waals surface area contributed by atoms with Crippen LogP contribution in [0, 0.1) is 5.82 Å². The van der Waals surface area contributed by atoms with Crippen LogP contribution in [-0.4, -0.2) is 27.7 Å². The van der Waals surface area contributed by atoms with Gasteiger partial charge in [-0.15, -0.1) is 10.2 Å². The minimum absolute atomic E-state index is 0.0385. The number of rotatable bonds is 1. The Morgan fingerprint density at radius 1 is 1.38 bits per heavy atom. The average Bonchev–Trinajstić information content (AvgIpc) is 2.73. The lowest BCUT2D eigenvalue weighted by atomic mass is 9.98. The maximum absolute atomic E-state index is 13.7. The van der Waals surface area contributed by atoms with Gasteiger partial charge in [-0.1, -0.05) is 0 Å². The largest absolute Gasteiger partial charge is 0.376 e. The third-order valence-corrected chi connectivity index (χ3v) is 4.35. The molecule has 5 nitrogen and oxygen atoms in total. The van der Waals surface area contributed by atoms with Gasteiger partial charge < -0.3 is 5.32 Å². The molecule has 2 aliphatic rings. The zero-order valence-electron chi connectivity index (χ0n) is 11.9. The molecule has 0 aliphatic carbocycles. The number of aromatic nitrogens is 2. The van der Waals surface area contributed by atoms with Crippen molar-refractivity contribution in [2.45, 2.75) is 32.5 Å². The van der Waals surface area contributed by atoms with Gasteiger partial charge in [-0.05, 0) is 26.0 Å². The third kappa shape index (κ3) is 1.75. The second-order valence-corrected chi connectivity index (χ2v) is 5.96. The van der Waals surface area contributed by atoms with Crippen molar-refractivity contribution < 1.29 is 4.39 Å². The van der Waals surface area contributed by atoms with E-state index in [1.807, 2.05) is 0 Å². The molecule has 1 aromatic heterocycles. The molecule has 0 amide bonds. The van der Waals surface area contributed by atoms with E-state index in [1.165, 1.54) is 12.1 Å². The highest BCUT2D eigenvalue weighted by atomic mass is 19.1. The molecule has 0 bridgehead atoms. The molecule has 2 aliphatic heterocycles. The van der Waals surface area contributed by atoms with Crippen LogP contribution in [0.3, 0.4) is 0 Å². The summed E-state index contributed by atoms with van der Waals surface area (Å²) in [7, 11) is 0. The summed E-state index contributed by atoms with van der Waals surface area (Å²) in [6.45, 7) is 5.73. The van der Waals surface area contributed by atoms with Gasteiger partial charge in [0.25, 0.3) is 5.56 Å². The Morgan fingerprint density at radius 3 is 2.95 bits per heavy atom. The Bertz CT molecular complexity index is 821. The Kier molecular flexibility index (Phi) is 2.53. The van der Waals surface area contributed by atoms with Gasteiger partial charge >= 0.3 is 0 Å². The highest BCUT2D eigenvalue weighted by Gasteiger charge is 2.34. The molecule has 1 aromatic carbocycles. The highest BCUT2D eigenvalue weighted by molar-refractivity contribution is 5.99. The predicted molar refractivity (Wildman–Crippen MR) is 77.7 cm³/mol. The van der Waals surface area contributed by atoms with Crippen LogP contribution in [0.1, 0.15) is 31.1 Å². The van der Waals surface area contributed by atoms with E-state index in [0.717, 1.165) is 23.2 Å². The van der Waals surface area contributed by atoms with Crippen LogP contribution in [0.4, 0.5) is 10.1 Å². The minimum atomic E-state index is -0.473. The summed E-state index contributed by atoms with van der Waals surface area (Å²) in [5, 5.41) is 12.3. The molecule has 21 heavy (non-hydrogen) atoms. The van der Waals surface area contributed by atoms with Crippen LogP contribution in [0.2, 0.25) is 0 Å². The molecule has 2 aromatic rings. The number of halogens is 1. The van der Waals surface area contributed by atoms with Crippen molar-refractivity contribution in [1.82, 2.24) is 15.1 Å². The van der Waals surface area contributed by atoms with Crippen molar-refractivity contribution in [1.29, 1.82) is 0 Å². The van der Waals surface area contributed by atoms with E-state index in [-0.39, 0.29) is 6.04 Å². The standard InChI is InChI=1S/C15H15FN4O/c1-7(2)20-5-11-14-12(6-20)18-19-15(21)9-3-8(16)4-10(17-11)13(9)14/h3-4,7,11,17H,5-6H2,1-2H3. The first-order chi connectivity index (χ1) is 10.0. The van der Waals surface area contributed by atoms with E-state index in [9.17, 15) is 9.18 Å². The van der Waals surface area contributed by atoms with E-state index in [2.05, 4.69) is 34.3 Å². The van der Waals surface area contributed by atoms with Crippen molar-refractivity contribution in [3.63, 3.8) is 0 Å². The zero-order chi connectivity index (χ0) is 14.7. The van der Waals surface area contributed by atoms with Gasteiger partial charge in [-0.25, -0.2) is 4.39 Å². The number of hydrogen-bond donors (Lipinski definition) is 1. The number of nitrogens with one attached hydrogen (secondary N) is 1. The van der Waals surface area contributed by atoms with Crippen molar-refractivity contribution in [3.05, 3.63) is 39.6 Å². The lowest BCUT2D eigenvalue weighted by Gasteiger charge is -2.34. The predicted octanol–water partition coefficient (Wildman–Crippen LogP) is 1.82. The van der Waals surface area contributed by atoms with Crippen molar-refractivity contribution in [3.8, 4) is 0 Å². The quantitative estimate of drug-likeness (QED) is 0.866. The maximum Gasteiger partial charge on any atom is 0.296 e. The van der Waals surface area contributed by atoms with E-state index < -0.39 is 11.4 Å². The van der Waals surface area contributed by atoms with E-state index >= 15 is 0 Å². The monoisotopic (exact) mass is 286 g/mol. The molecule has 1 atom stereocenters. The number of anilines is 1. The van der Waals surface area contributed by atoms with Gasteiger partial charge in [0.05, 0.1) is 17.1 Å². The van der Waals surface area contributed by atoms with E-state index in [1.54, 1.807) is 0 Å². The molecule has 3 heterocycles. The Labute approximate surface area is 120 Å². The first kappa shape index (κ1) is 12.6. The Balaban J connectivity index is 2.06.